The number of carboxylic acids is 2. The molecule has 0 aliphatic carbocycles. The number of carbonyl (C=O) groups is 2. The van der Waals surface area contributed by atoms with Crippen LogP contribution < -0.4 is 0 Å². The van der Waals surface area contributed by atoms with Crippen molar-refractivity contribution in [2.45, 2.75) is 32.2 Å². The summed E-state index contributed by atoms with van der Waals surface area (Å²) in [6, 6.07) is 18.7. The summed E-state index contributed by atoms with van der Waals surface area (Å²) in [6.07, 6.45) is 1.33. The maximum absolute atomic E-state index is 10.9. The topological polar surface area (TPSA) is 77.8 Å². The fraction of sp³-hybridized carbons (Fsp3) is 0.304. The molecular weight excluding hydrogens is 354 g/mol. The van der Waals surface area contributed by atoms with E-state index >= 15 is 0 Å². The lowest BCUT2D eigenvalue weighted by Gasteiger charge is -2.24. The van der Waals surface area contributed by atoms with E-state index in [2.05, 4.69) is 35.2 Å². The first-order chi connectivity index (χ1) is 13.5. The van der Waals surface area contributed by atoms with Crippen LogP contribution >= 0.6 is 0 Å². The minimum Gasteiger partial charge on any atom is -0.481 e. The van der Waals surface area contributed by atoms with Gasteiger partial charge in [0.2, 0.25) is 0 Å². The zero-order chi connectivity index (χ0) is 19.9. The van der Waals surface area contributed by atoms with Gasteiger partial charge in [-0.1, -0.05) is 48.5 Å². The van der Waals surface area contributed by atoms with Crippen molar-refractivity contribution >= 4 is 33.5 Å². The lowest BCUT2D eigenvalue weighted by Crippen LogP contribution is -2.27. The summed E-state index contributed by atoms with van der Waals surface area (Å²) in [5, 5.41) is 22.6. The average molecular weight is 379 g/mol. The Hall–Kier alpha value is -2.92. The summed E-state index contributed by atoms with van der Waals surface area (Å²) in [4.78, 5) is 24.0. The molecule has 3 aromatic rings. The summed E-state index contributed by atoms with van der Waals surface area (Å²) >= 11 is 0. The van der Waals surface area contributed by atoms with Gasteiger partial charge in [-0.15, -0.1) is 0 Å². The Bertz CT molecular complexity index is 909. The molecule has 0 bridgehead atoms. The Morgan fingerprint density at radius 2 is 1.21 bits per heavy atom. The lowest BCUT2D eigenvalue weighted by atomic mass is 9.96. The third-order valence-corrected chi connectivity index (χ3v) is 4.99. The summed E-state index contributed by atoms with van der Waals surface area (Å²) < 4.78 is 0. The van der Waals surface area contributed by atoms with E-state index in [0.717, 1.165) is 0 Å². The Morgan fingerprint density at radius 3 is 1.68 bits per heavy atom. The molecule has 0 unspecified atom stereocenters. The fourth-order valence-electron chi connectivity index (χ4n) is 3.68. The Kier molecular flexibility index (Phi) is 6.61. The molecule has 3 rings (SSSR count). The smallest absolute Gasteiger partial charge is 0.303 e. The molecule has 0 amide bonds. The molecule has 0 aromatic heterocycles. The molecule has 0 spiro atoms. The van der Waals surface area contributed by atoms with Crippen LogP contribution in [0, 0.1) is 0 Å². The molecule has 146 valence electrons. The zero-order valence-electron chi connectivity index (χ0n) is 15.8. The fourth-order valence-corrected chi connectivity index (χ4v) is 3.68. The van der Waals surface area contributed by atoms with E-state index in [-0.39, 0.29) is 12.8 Å². The van der Waals surface area contributed by atoms with E-state index in [0.29, 0.717) is 32.5 Å². The maximum atomic E-state index is 10.9. The molecule has 0 fully saturated rings. The Morgan fingerprint density at radius 1 is 0.750 bits per heavy atom. The van der Waals surface area contributed by atoms with E-state index in [1.165, 1.54) is 27.1 Å². The van der Waals surface area contributed by atoms with Gasteiger partial charge < -0.3 is 10.2 Å². The van der Waals surface area contributed by atoms with Crippen molar-refractivity contribution in [1.82, 2.24) is 4.90 Å². The largest absolute Gasteiger partial charge is 0.481 e. The van der Waals surface area contributed by atoms with Crippen molar-refractivity contribution in [3.63, 3.8) is 0 Å². The Labute approximate surface area is 164 Å². The molecule has 3 aromatic carbocycles. The van der Waals surface area contributed by atoms with Crippen molar-refractivity contribution < 1.29 is 19.8 Å². The summed E-state index contributed by atoms with van der Waals surface area (Å²) in [5.74, 6) is -1.61. The van der Waals surface area contributed by atoms with Gasteiger partial charge in [-0.3, -0.25) is 14.5 Å². The highest BCUT2D eigenvalue weighted by atomic mass is 16.4. The van der Waals surface area contributed by atoms with Gasteiger partial charge in [0.1, 0.15) is 0 Å². The highest BCUT2D eigenvalue weighted by molar-refractivity contribution is 6.02. The zero-order valence-corrected chi connectivity index (χ0v) is 15.8. The molecule has 0 aliphatic heterocycles. The van der Waals surface area contributed by atoms with Crippen LogP contribution in [0.3, 0.4) is 0 Å². The number of hydrogen-bond donors (Lipinski definition) is 2. The first-order valence-corrected chi connectivity index (χ1v) is 9.60. The average Bonchev–Trinajstić information content (AvgIpc) is 2.67. The molecule has 0 radical (unpaired) electrons. The first kappa shape index (κ1) is 19.8. The first-order valence-electron chi connectivity index (χ1n) is 9.60. The predicted molar refractivity (Wildman–Crippen MR) is 110 cm³/mol. The SMILES string of the molecule is O=C(O)CCCN(CCCC(=O)O)Cc1c2ccccc2cc2ccccc12. The van der Waals surface area contributed by atoms with Crippen LogP contribution in [0.1, 0.15) is 31.2 Å². The van der Waals surface area contributed by atoms with Crippen LogP contribution in [0.5, 0.6) is 0 Å². The molecule has 0 saturated carbocycles. The van der Waals surface area contributed by atoms with Crippen molar-refractivity contribution in [3.05, 3.63) is 60.2 Å². The van der Waals surface area contributed by atoms with E-state index in [1.807, 2.05) is 24.3 Å². The number of carboxylic acid groups (broad SMARTS) is 2. The molecule has 2 N–H and O–H groups in total. The second kappa shape index (κ2) is 9.33. The number of rotatable bonds is 10. The molecule has 0 heterocycles. The molecule has 0 saturated heterocycles. The van der Waals surface area contributed by atoms with Gasteiger partial charge in [0.15, 0.2) is 0 Å². The van der Waals surface area contributed by atoms with Gasteiger partial charge in [0.25, 0.3) is 0 Å². The van der Waals surface area contributed by atoms with E-state index in [1.54, 1.807) is 0 Å². The Balaban J connectivity index is 1.91. The maximum Gasteiger partial charge on any atom is 0.303 e. The molecular formula is C23H25NO4. The van der Waals surface area contributed by atoms with Crippen molar-refractivity contribution in [1.29, 1.82) is 0 Å². The van der Waals surface area contributed by atoms with Crippen LogP contribution in [0.15, 0.2) is 54.6 Å². The number of fused-ring (bicyclic) bond motifs is 2. The van der Waals surface area contributed by atoms with Crippen molar-refractivity contribution in [2.75, 3.05) is 13.1 Å². The van der Waals surface area contributed by atoms with Gasteiger partial charge in [-0.05, 0) is 59.1 Å². The third-order valence-electron chi connectivity index (χ3n) is 4.99. The molecule has 5 heteroatoms. The second-order valence-electron chi connectivity index (χ2n) is 7.07. The minimum absolute atomic E-state index is 0.117. The van der Waals surface area contributed by atoms with Gasteiger partial charge in [0, 0.05) is 19.4 Å². The molecule has 0 atom stereocenters. The van der Waals surface area contributed by atoms with Crippen LogP contribution in [0.2, 0.25) is 0 Å². The number of nitrogens with zero attached hydrogens (tertiary/aromatic N) is 1. The van der Waals surface area contributed by atoms with Crippen molar-refractivity contribution in [3.8, 4) is 0 Å². The van der Waals surface area contributed by atoms with Crippen LogP contribution in [0.25, 0.3) is 21.5 Å². The van der Waals surface area contributed by atoms with E-state index in [4.69, 9.17) is 10.2 Å². The highest BCUT2D eigenvalue weighted by Crippen LogP contribution is 2.29. The van der Waals surface area contributed by atoms with Crippen molar-refractivity contribution in [2.24, 2.45) is 0 Å². The second-order valence-corrected chi connectivity index (χ2v) is 7.07. The summed E-state index contributed by atoms with van der Waals surface area (Å²) in [6.45, 7) is 1.92. The van der Waals surface area contributed by atoms with Gasteiger partial charge in [0.05, 0.1) is 0 Å². The quantitative estimate of drug-likeness (QED) is 0.506. The lowest BCUT2D eigenvalue weighted by molar-refractivity contribution is -0.138. The molecule has 28 heavy (non-hydrogen) atoms. The molecule has 0 aliphatic rings. The number of hydrogen-bond acceptors (Lipinski definition) is 3. The van der Waals surface area contributed by atoms with Gasteiger partial charge in [-0.2, -0.15) is 0 Å². The van der Waals surface area contributed by atoms with Crippen LogP contribution in [-0.2, 0) is 16.1 Å². The highest BCUT2D eigenvalue weighted by Gasteiger charge is 2.13. The van der Waals surface area contributed by atoms with Crippen LogP contribution in [-0.4, -0.2) is 40.1 Å². The summed E-state index contributed by atoms with van der Waals surface area (Å²) in [5.41, 5.74) is 1.21. The normalized spacial score (nSPS) is 11.3. The monoisotopic (exact) mass is 379 g/mol. The standard InChI is InChI=1S/C23H25NO4/c25-22(26)11-5-13-24(14-6-12-23(27)28)16-21-19-9-3-1-7-17(19)15-18-8-2-4-10-20(18)21/h1-4,7-10,15H,5-6,11-14,16H2,(H,25,26)(H,27,28). The van der Waals surface area contributed by atoms with Crippen LogP contribution in [0.4, 0.5) is 0 Å². The third kappa shape index (κ3) is 5.08. The van der Waals surface area contributed by atoms with E-state index < -0.39 is 11.9 Å². The van der Waals surface area contributed by atoms with Gasteiger partial charge >= 0.3 is 11.9 Å². The van der Waals surface area contributed by atoms with Gasteiger partial charge in [-0.25, -0.2) is 0 Å². The van der Waals surface area contributed by atoms with E-state index in [9.17, 15) is 9.59 Å². The summed E-state index contributed by atoms with van der Waals surface area (Å²) in [7, 11) is 0. The predicted octanol–water partition coefficient (Wildman–Crippen LogP) is 4.52. The number of benzene rings is 3. The molecule has 5 nitrogen and oxygen atoms in total. The number of aliphatic carboxylic acids is 2. The minimum atomic E-state index is -0.805.